The number of hydrogen-bond acceptors (Lipinski definition) is 4. The van der Waals surface area contributed by atoms with Gasteiger partial charge in [0.25, 0.3) is 0 Å². The Hall–Kier alpha value is -1.53. The van der Waals surface area contributed by atoms with Crippen molar-refractivity contribution in [3.63, 3.8) is 0 Å². The lowest BCUT2D eigenvalue weighted by Gasteiger charge is -2.25. The molecule has 1 saturated heterocycles. The number of carbonyl (C=O) groups is 1. The molecule has 1 aliphatic heterocycles. The summed E-state index contributed by atoms with van der Waals surface area (Å²) in [6.45, 7) is 0. The molecule has 0 saturated carbocycles. The quantitative estimate of drug-likeness (QED) is 0.559. The van der Waals surface area contributed by atoms with Crippen molar-refractivity contribution >= 4 is 46.5 Å². The van der Waals surface area contributed by atoms with Gasteiger partial charge in [-0.1, -0.05) is 30.4 Å². The molecule has 0 aliphatic carbocycles. The first-order valence-corrected chi connectivity index (χ1v) is 6.79. The number of thiocarbonyl (C=S) groups is 1. The molecule has 1 aromatic heterocycles. The molecule has 1 aliphatic rings. The number of benzene rings is 1. The molecule has 3 rings (SSSR count). The van der Waals surface area contributed by atoms with Crippen LogP contribution in [-0.2, 0) is 4.79 Å². The van der Waals surface area contributed by atoms with Crippen molar-refractivity contribution in [2.45, 2.75) is 23.9 Å². The van der Waals surface area contributed by atoms with Gasteiger partial charge in [0, 0.05) is 17.2 Å². The van der Waals surface area contributed by atoms with Crippen molar-refractivity contribution in [2.24, 2.45) is 0 Å². The number of nitrogens with zero attached hydrogens (tertiary/aromatic N) is 1. The third-order valence-corrected chi connectivity index (χ3v) is 4.15. The van der Waals surface area contributed by atoms with Gasteiger partial charge in [-0.3, -0.25) is 9.36 Å². The van der Waals surface area contributed by atoms with Crippen molar-refractivity contribution < 1.29 is 9.90 Å². The molecule has 6 heteroatoms. The van der Waals surface area contributed by atoms with Gasteiger partial charge in [-0.25, -0.2) is 0 Å². The molecular formula is C13H12N2O2S2. The van der Waals surface area contributed by atoms with Gasteiger partial charge >= 0.3 is 0 Å². The highest BCUT2D eigenvalue weighted by molar-refractivity contribution is 7.80. The van der Waals surface area contributed by atoms with E-state index in [0.717, 1.165) is 5.39 Å². The Balaban J connectivity index is 2.15. The van der Waals surface area contributed by atoms with Crippen LogP contribution in [0.2, 0.25) is 0 Å². The van der Waals surface area contributed by atoms with Gasteiger partial charge in [0.2, 0.25) is 11.8 Å². The van der Waals surface area contributed by atoms with Crippen LogP contribution in [0.3, 0.4) is 0 Å². The van der Waals surface area contributed by atoms with Gasteiger partial charge in [-0.15, -0.1) is 12.6 Å². The van der Waals surface area contributed by atoms with Crippen molar-refractivity contribution in [3.8, 4) is 5.88 Å². The Kier molecular flexibility index (Phi) is 2.99. The number of nitrogens with one attached hydrogen (secondary N) is 1. The maximum atomic E-state index is 12.0. The summed E-state index contributed by atoms with van der Waals surface area (Å²) in [6, 6.07) is 6.94. The highest BCUT2D eigenvalue weighted by Gasteiger charge is 2.30. The number of thiol groups is 1. The van der Waals surface area contributed by atoms with E-state index in [0.29, 0.717) is 28.2 Å². The van der Waals surface area contributed by atoms with Crippen LogP contribution in [0.25, 0.3) is 10.8 Å². The average molecular weight is 292 g/mol. The molecule has 1 amide bonds. The lowest BCUT2D eigenvalue weighted by molar-refractivity contribution is -0.123. The first kappa shape index (κ1) is 12.5. The summed E-state index contributed by atoms with van der Waals surface area (Å²) in [6.07, 6.45) is 1.21. The van der Waals surface area contributed by atoms with Gasteiger partial charge in [0.1, 0.15) is 6.04 Å². The van der Waals surface area contributed by atoms with Crippen molar-refractivity contribution in [3.05, 3.63) is 24.3 Å². The summed E-state index contributed by atoms with van der Waals surface area (Å²) in [5, 5.41) is 15.1. The lowest BCUT2D eigenvalue weighted by Crippen LogP contribution is -2.40. The SMILES string of the molecule is O=C1NC(=S)CCC1n1c(O)c2ccccc2c1S. The molecule has 1 atom stereocenters. The summed E-state index contributed by atoms with van der Waals surface area (Å²) in [5.41, 5.74) is 0. The molecule has 1 fully saturated rings. The summed E-state index contributed by atoms with van der Waals surface area (Å²) in [4.78, 5) is 12.6. The van der Waals surface area contributed by atoms with Crippen molar-refractivity contribution in [2.75, 3.05) is 0 Å². The maximum absolute atomic E-state index is 12.0. The summed E-state index contributed by atoms with van der Waals surface area (Å²) < 4.78 is 1.57. The molecule has 2 aromatic rings. The number of carbonyl (C=O) groups excluding carboxylic acids is 1. The van der Waals surface area contributed by atoms with Crippen LogP contribution < -0.4 is 5.32 Å². The topological polar surface area (TPSA) is 54.3 Å². The van der Waals surface area contributed by atoms with E-state index in [1.54, 1.807) is 4.57 Å². The third kappa shape index (κ3) is 1.91. The molecule has 1 aromatic carbocycles. The third-order valence-electron chi connectivity index (χ3n) is 3.39. The van der Waals surface area contributed by atoms with E-state index in [9.17, 15) is 9.90 Å². The predicted octanol–water partition coefficient (Wildman–Crippen LogP) is 2.41. The van der Waals surface area contributed by atoms with Crippen LogP contribution in [-0.4, -0.2) is 20.6 Å². The van der Waals surface area contributed by atoms with Gasteiger partial charge in [-0.05, 0) is 12.5 Å². The van der Waals surface area contributed by atoms with Crippen LogP contribution in [0, 0.1) is 0 Å². The number of rotatable bonds is 1. The summed E-state index contributed by atoms with van der Waals surface area (Å²) in [7, 11) is 0. The number of aromatic hydroxyl groups is 1. The highest BCUT2D eigenvalue weighted by atomic mass is 32.1. The fourth-order valence-corrected chi connectivity index (χ4v) is 3.10. The number of amides is 1. The Morgan fingerprint density at radius 2 is 2.05 bits per heavy atom. The first-order valence-electron chi connectivity index (χ1n) is 5.94. The van der Waals surface area contributed by atoms with Crippen molar-refractivity contribution in [1.82, 2.24) is 9.88 Å². The molecule has 0 bridgehead atoms. The molecule has 2 N–H and O–H groups in total. The van der Waals surface area contributed by atoms with Crippen LogP contribution in [0.4, 0.5) is 0 Å². The first-order chi connectivity index (χ1) is 9.09. The van der Waals surface area contributed by atoms with E-state index in [1.807, 2.05) is 24.3 Å². The number of hydrogen-bond donors (Lipinski definition) is 3. The molecule has 19 heavy (non-hydrogen) atoms. The Bertz CT molecular complexity index is 654. The second-order valence-electron chi connectivity index (χ2n) is 4.53. The Labute approximate surface area is 120 Å². The van der Waals surface area contributed by atoms with E-state index >= 15 is 0 Å². The van der Waals surface area contributed by atoms with E-state index < -0.39 is 6.04 Å². The van der Waals surface area contributed by atoms with Crippen LogP contribution in [0.1, 0.15) is 18.9 Å². The minimum Gasteiger partial charge on any atom is -0.494 e. The predicted molar refractivity (Wildman–Crippen MR) is 79.9 cm³/mol. The molecule has 2 heterocycles. The molecule has 98 valence electrons. The summed E-state index contributed by atoms with van der Waals surface area (Å²) >= 11 is 9.44. The number of fused-ring (bicyclic) bond motifs is 1. The minimum atomic E-state index is -0.466. The van der Waals surface area contributed by atoms with Gasteiger partial charge in [0.05, 0.1) is 10.0 Å². The minimum absolute atomic E-state index is 0.0774. The second-order valence-corrected chi connectivity index (χ2v) is 5.45. The van der Waals surface area contributed by atoms with E-state index in [2.05, 4.69) is 17.9 Å². The maximum Gasteiger partial charge on any atom is 0.247 e. The van der Waals surface area contributed by atoms with Gasteiger partial charge in [0.15, 0.2) is 0 Å². The Morgan fingerprint density at radius 3 is 2.68 bits per heavy atom. The average Bonchev–Trinajstić information content (AvgIpc) is 2.64. The normalized spacial score (nSPS) is 19.7. The van der Waals surface area contributed by atoms with Gasteiger partial charge in [-0.2, -0.15) is 0 Å². The van der Waals surface area contributed by atoms with Crippen LogP contribution >= 0.6 is 24.8 Å². The molecule has 0 spiro atoms. The number of piperidine rings is 1. The van der Waals surface area contributed by atoms with Crippen molar-refractivity contribution in [1.29, 1.82) is 0 Å². The zero-order valence-electron chi connectivity index (χ0n) is 9.96. The Morgan fingerprint density at radius 1 is 1.37 bits per heavy atom. The summed E-state index contributed by atoms with van der Waals surface area (Å²) in [5.74, 6) is -0.115. The molecule has 4 nitrogen and oxygen atoms in total. The van der Waals surface area contributed by atoms with E-state index in [4.69, 9.17) is 12.2 Å². The second kappa shape index (κ2) is 4.54. The molecular weight excluding hydrogens is 280 g/mol. The molecule has 0 radical (unpaired) electrons. The van der Waals surface area contributed by atoms with Gasteiger partial charge < -0.3 is 10.4 Å². The standard InChI is InChI=1S/C13H12N2O2S2/c16-11-9(5-6-10(18)14-11)15-12(17)7-3-1-2-4-8(7)13(15)19/h1-4,9,17,19H,5-6H2,(H,14,16,18). The fraction of sp³-hybridized carbons (Fsp3) is 0.231. The monoisotopic (exact) mass is 292 g/mol. The van der Waals surface area contributed by atoms with Crippen LogP contribution in [0.5, 0.6) is 5.88 Å². The zero-order valence-corrected chi connectivity index (χ0v) is 11.7. The number of aromatic nitrogens is 1. The van der Waals surface area contributed by atoms with E-state index in [-0.39, 0.29) is 11.8 Å². The smallest absolute Gasteiger partial charge is 0.247 e. The molecule has 1 unspecified atom stereocenters. The van der Waals surface area contributed by atoms with Crippen LogP contribution in [0.15, 0.2) is 29.3 Å². The highest BCUT2D eigenvalue weighted by Crippen LogP contribution is 2.38. The zero-order chi connectivity index (χ0) is 13.6. The fourth-order valence-electron chi connectivity index (χ4n) is 2.46. The lowest BCUT2D eigenvalue weighted by atomic mass is 10.1. The van der Waals surface area contributed by atoms with E-state index in [1.165, 1.54) is 0 Å². The largest absolute Gasteiger partial charge is 0.494 e.